The Balaban J connectivity index is 1.71. The molecule has 0 aliphatic carbocycles. The Hall–Kier alpha value is -3.68. The van der Waals surface area contributed by atoms with Gasteiger partial charge in [-0.25, -0.2) is 0 Å². The van der Waals surface area contributed by atoms with Gasteiger partial charge in [0, 0.05) is 34.3 Å². The van der Waals surface area contributed by atoms with Crippen molar-refractivity contribution in [2.75, 3.05) is 0 Å². The van der Waals surface area contributed by atoms with E-state index in [0.717, 1.165) is 10.9 Å². The van der Waals surface area contributed by atoms with Crippen molar-refractivity contribution in [1.29, 1.82) is 0 Å². The highest BCUT2D eigenvalue weighted by Gasteiger charge is 2.16. The predicted octanol–water partition coefficient (Wildman–Crippen LogP) is 2.46. The quantitative estimate of drug-likeness (QED) is 0.502. The van der Waals surface area contributed by atoms with E-state index in [1.165, 1.54) is 18.2 Å². The number of aryl methyl sites for hydroxylation is 1. The Morgan fingerprint density at radius 3 is 2.52 bits per heavy atom. The molecule has 0 atom stereocenters. The smallest absolute Gasteiger partial charge is 0.272 e. The number of fused-ring (bicyclic) bond motifs is 1. The number of H-pyrrole nitrogens is 1. The zero-order valence-electron chi connectivity index (χ0n) is 13.2. The maximum absolute atomic E-state index is 12.2. The molecule has 8 nitrogen and oxygen atoms in total. The summed E-state index contributed by atoms with van der Waals surface area (Å²) in [6.45, 7) is 1.54. The summed E-state index contributed by atoms with van der Waals surface area (Å²) < 4.78 is 0. The fourth-order valence-corrected chi connectivity index (χ4v) is 2.51. The van der Waals surface area contributed by atoms with Gasteiger partial charge in [-0.15, -0.1) is 0 Å². The van der Waals surface area contributed by atoms with Gasteiger partial charge in [0.2, 0.25) is 0 Å². The fraction of sp³-hybridized carbons (Fsp3) is 0.0588. The lowest BCUT2D eigenvalue weighted by Crippen LogP contribution is -2.41. The predicted molar refractivity (Wildman–Crippen MR) is 91.1 cm³/mol. The summed E-state index contributed by atoms with van der Waals surface area (Å²) in [5, 5.41) is 11.5. The molecule has 0 aliphatic heterocycles. The van der Waals surface area contributed by atoms with Crippen molar-refractivity contribution in [1.82, 2.24) is 15.8 Å². The molecular weight excluding hydrogens is 324 g/mol. The molecule has 3 rings (SSSR count). The largest absolute Gasteiger partial charge is 0.360 e. The van der Waals surface area contributed by atoms with Crippen molar-refractivity contribution in [2.24, 2.45) is 0 Å². The summed E-state index contributed by atoms with van der Waals surface area (Å²) in [7, 11) is 0. The molecule has 0 saturated heterocycles. The number of hydrogen-bond donors (Lipinski definition) is 3. The first kappa shape index (κ1) is 16.2. The Morgan fingerprint density at radius 2 is 1.80 bits per heavy atom. The monoisotopic (exact) mass is 338 g/mol. The van der Waals surface area contributed by atoms with Crippen LogP contribution in [0.2, 0.25) is 0 Å². The number of nitrogens with one attached hydrogen (secondary N) is 3. The van der Waals surface area contributed by atoms with Crippen LogP contribution >= 0.6 is 0 Å². The number of carbonyl (C=O) groups excluding carboxylic acids is 2. The third-order valence-corrected chi connectivity index (χ3v) is 3.78. The van der Waals surface area contributed by atoms with Gasteiger partial charge in [-0.2, -0.15) is 0 Å². The Morgan fingerprint density at radius 1 is 1.08 bits per heavy atom. The molecule has 2 aromatic carbocycles. The second-order valence-corrected chi connectivity index (χ2v) is 5.41. The van der Waals surface area contributed by atoms with Crippen molar-refractivity contribution in [2.45, 2.75) is 6.92 Å². The summed E-state index contributed by atoms with van der Waals surface area (Å²) in [5.74, 6) is -1.03. The molecule has 0 aliphatic rings. The zero-order chi connectivity index (χ0) is 18.0. The molecule has 2 amide bonds. The summed E-state index contributed by atoms with van der Waals surface area (Å²) in [6.07, 6.45) is 1.56. The van der Waals surface area contributed by atoms with Crippen LogP contribution in [0.4, 0.5) is 5.69 Å². The number of nitrogens with zero attached hydrogens (tertiary/aromatic N) is 1. The molecule has 0 spiro atoms. The molecule has 3 N–H and O–H groups in total. The Labute approximate surface area is 142 Å². The number of rotatable bonds is 3. The summed E-state index contributed by atoms with van der Waals surface area (Å²) >= 11 is 0. The highest BCUT2D eigenvalue weighted by Crippen LogP contribution is 2.19. The van der Waals surface area contributed by atoms with E-state index in [4.69, 9.17) is 0 Å². The van der Waals surface area contributed by atoms with Crippen LogP contribution in [0, 0.1) is 17.0 Å². The van der Waals surface area contributed by atoms with E-state index in [2.05, 4.69) is 15.8 Å². The van der Waals surface area contributed by atoms with Crippen molar-refractivity contribution in [3.63, 3.8) is 0 Å². The van der Waals surface area contributed by atoms with Crippen LogP contribution in [-0.4, -0.2) is 21.7 Å². The number of amides is 2. The van der Waals surface area contributed by atoms with E-state index >= 15 is 0 Å². The van der Waals surface area contributed by atoms with Crippen LogP contribution < -0.4 is 10.9 Å². The van der Waals surface area contributed by atoms with Crippen molar-refractivity contribution < 1.29 is 14.5 Å². The van der Waals surface area contributed by atoms with Crippen LogP contribution in [-0.2, 0) is 0 Å². The number of benzene rings is 2. The highest BCUT2D eigenvalue weighted by molar-refractivity contribution is 6.07. The summed E-state index contributed by atoms with van der Waals surface area (Å²) in [4.78, 5) is 37.6. The van der Waals surface area contributed by atoms with Gasteiger partial charge in [0.05, 0.1) is 10.5 Å². The first-order valence-corrected chi connectivity index (χ1v) is 7.39. The molecule has 0 radical (unpaired) electrons. The van der Waals surface area contributed by atoms with Crippen LogP contribution in [0.3, 0.4) is 0 Å². The number of nitro groups is 1. The minimum Gasteiger partial charge on any atom is -0.360 e. The van der Waals surface area contributed by atoms with Crippen LogP contribution in [0.25, 0.3) is 10.9 Å². The second kappa shape index (κ2) is 6.44. The maximum Gasteiger partial charge on any atom is 0.272 e. The van der Waals surface area contributed by atoms with E-state index in [-0.39, 0.29) is 11.3 Å². The lowest BCUT2D eigenvalue weighted by atomic mass is 10.1. The molecule has 0 saturated carbocycles. The Bertz CT molecular complexity index is 993. The van der Waals surface area contributed by atoms with Gasteiger partial charge in [0.15, 0.2) is 0 Å². The molecule has 1 aromatic heterocycles. The second-order valence-electron chi connectivity index (χ2n) is 5.41. The molecule has 3 aromatic rings. The van der Waals surface area contributed by atoms with Gasteiger partial charge in [-0.1, -0.05) is 18.2 Å². The van der Waals surface area contributed by atoms with Crippen LogP contribution in [0.1, 0.15) is 26.3 Å². The van der Waals surface area contributed by atoms with Gasteiger partial charge < -0.3 is 4.98 Å². The third-order valence-electron chi connectivity index (χ3n) is 3.78. The number of hydrogen-bond acceptors (Lipinski definition) is 4. The van der Waals surface area contributed by atoms with E-state index in [1.54, 1.807) is 19.2 Å². The van der Waals surface area contributed by atoms with Crippen LogP contribution in [0.5, 0.6) is 0 Å². The summed E-state index contributed by atoms with van der Waals surface area (Å²) in [5.41, 5.74) is 6.36. The van der Waals surface area contributed by atoms with Gasteiger partial charge >= 0.3 is 0 Å². The molecule has 126 valence electrons. The minimum absolute atomic E-state index is 0.0700. The third kappa shape index (κ3) is 3.18. The molecule has 1 heterocycles. The first-order valence-electron chi connectivity index (χ1n) is 7.39. The summed E-state index contributed by atoms with van der Waals surface area (Å²) in [6, 6.07) is 11.3. The number of nitro benzene ring substituents is 1. The average Bonchev–Trinajstić information content (AvgIpc) is 3.03. The average molecular weight is 338 g/mol. The number of aromatic amines is 1. The molecular formula is C17H14N4O4. The lowest BCUT2D eigenvalue weighted by Gasteiger charge is -2.07. The van der Waals surface area contributed by atoms with Gasteiger partial charge in [-0.05, 0) is 25.1 Å². The van der Waals surface area contributed by atoms with Gasteiger partial charge in [0.25, 0.3) is 17.5 Å². The van der Waals surface area contributed by atoms with E-state index in [0.29, 0.717) is 11.1 Å². The van der Waals surface area contributed by atoms with Gasteiger partial charge in [-0.3, -0.25) is 30.6 Å². The number of para-hydroxylation sites is 1. The normalized spacial score (nSPS) is 10.4. The maximum atomic E-state index is 12.2. The first-order chi connectivity index (χ1) is 12.0. The number of hydrazine groups is 1. The fourth-order valence-electron chi connectivity index (χ4n) is 2.51. The molecule has 0 unspecified atom stereocenters. The minimum atomic E-state index is -0.564. The topological polar surface area (TPSA) is 117 Å². The molecule has 8 heteroatoms. The SMILES string of the molecule is Cc1cc(C(=O)NNC(=O)c2c[nH]c3ccccc23)ccc1[N+](=O)[O-]. The highest BCUT2D eigenvalue weighted by atomic mass is 16.6. The number of aromatic nitrogens is 1. The van der Waals surface area contributed by atoms with Gasteiger partial charge in [0.1, 0.15) is 0 Å². The lowest BCUT2D eigenvalue weighted by molar-refractivity contribution is -0.385. The van der Waals surface area contributed by atoms with Crippen molar-refractivity contribution in [3.8, 4) is 0 Å². The molecule has 0 fully saturated rings. The van der Waals surface area contributed by atoms with Crippen molar-refractivity contribution in [3.05, 3.63) is 75.5 Å². The number of carbonyl (C=O) groups is 2. The van der Waals surface area contributed by atoms with E-state index < -0.39 is 16.7 Å². The molecule has 25 heavy (non-hydrogen) atoms. The standard InChI is InChI=1S/C17H14N4O4/c1-10-8-11(6-7-15(10)21(24)25)16(22)19-20-17(23)13-9-18-14-5-3-2-4-12(13)14/h2-9,18H,1H3,(H,19,22)(H,20,23). The Kier molecular flexibility index (Phi) is 4.17. The van der Waals surface area contributed by atoms with Crippen molar-refractivity contribution >= 4 is 28.4 Å². The molecule has 0 bridgehead atoms. The van der Waals surface area contributed by atoms with E-state index in [1.807, 2.05) is 18.2 Å². The zero-order valence-corrected chi connectivity index (χ0v) is 13.2. The van der Waals surface area contributed by atoms with E-state index in [9.17, 15) is 19.7 Å². The van der Waals surface area contributed by atoms with Crippen LogP contribution in [0.15, 0.2) is 48.7 Å².